The van der Waals surface area contributed by atoms with Gasteiger partial charge in [-0.25, -0.2) is 0 Å². The third kappa shape index (κ3) is 2.73. The van der Waals surface area contributed by atoms with E-state index in [2.05, 4.69) is 5.32 Å². The number of rotatable bonds is 3. The summed E-state index contributed by atoms with van der Waals surface area (Å²) in [7, 11) is 0. The number of hydrogen-bond donors (Lipinski definition) is 2. The Hall–Kier alpha value is -1.55. The Kier molecular flexibility index (Phi) is 3.41. The topological polar surface area (TPSA) is 58.6 Å². The first-order valence-corrected chi connectivity index (χ1v) is 5.44. The van der Waals surface area contributed by atoms with Crippen molar-refractivity contribution >= 4 is 5.91 Å². The van der Waals surface area contributed by atoms with Gasteiger partial charge in [0.25, 0.3) is 5.91 Å². The number of aromatic hydroxyl groups is 1. The fraction of sp³-hybridized carbons (Fsp3) is 0.417. The summed E-state index contributed by atoms with van der Waals surface area (Å²) in [6, 6.07) is 6.20. The van der Waals surface area contributed by atoms with E-state index in [4.69, 9.17) is 9.84 Å². The van der Waals surface area contributed by atoms with Crippen molar-refractivity contribution in [1.29, 1.82) is 0 Å². The van der Waals surface area contributed by atoms with Gasteiger partial charge in [0.2, 0.25) is 0 Å². The van der Waals surface area contributed by atoms with E-state index < -0.39 is 0 Å². The zero-order valence-corrected chi connectivity index (χ0v) is 8.98. The molecule has 0 radical (unpaired) electrons. The molecule has 16 heavy (non-hydrogen) atoms. The van der Waals surface area contributed by atoms with Gasteiger partial charge >= 0.3 is 0 Å². The smallest absolute Gasteiger partial charge is 0.251 e. The minimum Gasteiger partial charge on any atom is -0.508 e. The molecule has 4 heteroatoms. The Labute approximate surface area is 94.2 Å². The molecule has 1 saturated heterocycles. The van der Waals surface area contributed by atoms with Crippen molar-refractivity contribution in [2.45, 2.75) is 18.9 Å². The lowest BCUT2D eigenvalue weighted by molar-refractivity contribution is 0.0858. The van der Waals surface area contributed by atoms with Crippen molar-refractivity contribution in [1.82, 2.24) is 5.32 Å². The highest BCUT2D eigenvalue weighted by Gasteiger charge is 2.16. The molecule has 0 aromatic heterocycles. The average molecular weight is 221 g/mol. The Morgan fingerprint density at radius 1 is 1.44 bits per heavy atom. The molecule has 4 nitrogen and oxygen atoms in total. The second-order valence-electron chi connectivity index (χ2n) is 3.89. The van der Waals surface area contributed by atoms with E-state index in [9.17, 15) is 4.79 Å². The number of phenols is 1. The Bertz CT molecular complexity index is 355. The van der Waals surface area contributed by atoms with Crippen LogP contribution in [-0.2, 0) is 4.74 Å². The fourth-order valence-electron chi connectivity index (χ4n) is 1.73. The summed E-state index contributed by atoms with van der Waals surface area (Å²) in [4.78, 5) is 11.7. The van der Waals surface area contributed by atoms with Gasteiger partial charge in [0.1, 0.15) is 5.75 Å². The van der Waals surface area contributed by atoms with Crippen LogP contribution in [0, 0.1) is 0 Å². The Balaban J connectivity index is 1.85. The first kappa shape index (κ1) is 11.0. The molecule has 1 unspecified atom stereocenters. The SMILES string of the molecule is O=C(NCC1CCCO1)c1ccc(O)cc1. The lowest BCUT2D eigenvalue weighted by atomic mass is 10.2. The van der Waals surface area contributed by atoms with Crippen LogP contribution in [0.2, 0.25) is 0 Å². The maximum atomic E-state index is 11.7. The molecule has 1 atom stereocenters. The van der Waals surface area contributed by atoms with Crippen molar-refractivity contribution in [3.05, 3.63) is 29.8 Å². The van der Waals surface area contributed by atoms with Crippen molar-refractivity contribution < 1.29 is 14.6 Å². The van der Waals surface area contributed by atoms with Gasteiger partial charge in [-0.05, 0) is 37.1 Å². The number of hydrogen-bond acceptors (Lipinski definition) is 3. The molecule has 1 aliphatic heterocycles. The molecule has 1 amide bonds. The lowest BCUT2D eigenvalue weighted by Gasteiger charge is -2.10. The third-order valence-corrected chi connectivity index (χ3v) is 2.64. The maximum Gasteiger partial charge on any atom is 0.251 e. The summed E-state index contributed by atoms with van der Waals surface area (Å²) in [6.45, 7) is 1.35. The average Bonchev–Trinajstić information content (AvgIpc) is 2.80. The van der Waals surface area contributed by atoms with Crippen LogP contribution in [0.5, 0.6) is 5.75 Å². The minimum absolute atomic E-state index is 0.129. The number of phenolic OH excluding ortho intramolecular Hbond substituents is 1. The molecule has 0 saturated carbocycles. The van der Waals surface area contributed by atoms with E-state index in [-0.39, 0.29) is 17.8 Å². The number of nitrogens with one attached hydrogen (secondary N) is 1. The van der Waals surface area contributed by atoms with E-state index in [1.165, 1.54) is 12.1 Å². The highest BCUT2D eigenvalue weighted by molar-refractivity contribution is 5.94. The maximum absolute atomic E-state index is 11.7. The largest absolute Gasteiger partial charge is 0.508 e. The number of amides is 1. The summed E-state index contributed by atoms with van der Waals surface area (Å²) >= 11 is 0. The first-order valence-electron chi connectivity index (χ1n) is 5.44. The molecular weight excluding hydrogens is 206 g/mol. The minimum atomic E-state index is -0.129. The molecular formula is C12H15NO3. The molecule has 0 bridgehead atoms. The third-order valence-electron chi connectivity index (χ3n) is 2.64. The van der Waals surface area contributed by atoms with Crippen LogP contribution in [0.4, 0.5) is 0 Å². The van der Waals surface area contributed by atoms with E-state index in [0.29, 0.717) is 12.1 Å². The Morgan fingerprint density at radius 3 is 2.81 bits per heavy atom. The summed E-state index contributed by atoms with van der Waals surface area (Å²) in [6.07, 6.45) is 2.23. The van der Waals surface area contributed by atoms with Gasteiger partial charge in [0, 0.05) is 18.7 Å². The van der Waals surface area contributed by atoms with E-state index in [0.717, 1.165) is 19.4 Å². The standard InChI is InChI=1S/C12H15NO3/c14-10-5-3-9(4-6-10)12(15)13-8-11-2-1-7-16-11/h3-6,11,14H,1-2,7-8H2,(H,13,15). The van der Waals surface area contributed by atoms with Gasteiger partial charge < -0.3 is 15.2 Å². The van der Waals surface area contributed by atoms with Gasteiger partial charge in [-0.3, -0.25) is 4.79 Å². The van der Waals surface area contributed by atoms with E-state index in [1.807, 2.05) is 0 Å². The lowest BCUT2D eigenvalue weighted by Crippen LogP contribution is -2.31. The van der Waals surface area contributed by atoms with Crippen LogP contribution in [0.15, 0.2) is 24.3 Å². The van der Waals surface area contributed by atoms with Crippen molar-refractivity contribution in [3.8, 4) is 5.75 Å². The van der Waals surface area contributed by atoms with E-state index >= 15 is 0 Å². The molecule has 1 aliphatic rings. The Morgan fingerprint density at radius 2 is 2.19 bits per heavy atom. The second kappa shape index (κ2) is 4.99. The second-order valence-corrected chi connectivity index (χ2v) is 3.89. The summed E-state index contributed by atoms with van der Waals surface area (Å²) in [5.74, 6) is 0.0335. The zero-order chi connectivity index (χ0) is 11.4. The first-order chi connectivity index (χ1) is 7.75. The van der Waals surface area contributed by atoms with Crippen LogP contribution in [0.3, 0.4) is 0 Å². The van der Waals surface area contributed by atoms with Crippen LogP contribution in [0.25, 0.3) is 0 Å². The van der Waals surface area contributed by atoms with Crippen LogP contribution in [0.1, 0.15) is 23.2 Å². The highest BCUT2D eigenvalue weighted by atomic mass is 16.5. The quantitative estimate of drug-likeness (QED) is 0.808. The van der Waals surface area contributed by atoms with Gasteiger partial charge in [0.05, 0.1) is 6.10 Å². The molecule has 0 aliphatic carbocycles. The van der Waals surface area contributed by atoms with Gasteiger partial charge in [-0.15, -0.1) is 0 Å². The van der Waals surface area contributed by atoms with Crippen LogP contribution < -0.4 is 5.32 Å². The molecule has 1 heterocycles. The molecule has 86 valence electrons. The van der Waals surface area contributed by atoms with Gasteiger partial charge in [-0.1, -0.05) is 0 Å². The predicted octanol–water partition coefficient (Wildman–Crippen LogP) is 1.30. The monoisotopic (exact) mass is 221 g/mol. The molecule has 1 aromatic rings. The van der Waals surface area contributed by atoms with Gasteiger partial charge in [0.15, 0.2) is 0 Å². The van der Waals surface area contributed by atoms with E-state index in [1.54, 1.807) is 12.1 Å². The highest BCUT2D eigenvalue weighted by Crippen LogP contribution is 2.12. The van der Waals surface area contributed by atoms with Crippen molar-refractivity contribution in [3.63, 3.8) is 0 Å². The number of carbonyl (C=O) groups is 1. The van der Waals surface area contributed by atoms with Gasteiger partial charge in [-0.2, -0.15) is 0 Å². The van der Waals surface area contributed by atoms with Crippen molar-refractivity contribution in [2.75, 3.05) is 13.2 Å². The predicted molar refractivity (Wildman–Crippen MR) is 59.4 cm³/mol. The van der Waals surface area contributed by atoms with Crippen molar-refractivity contribution in [2.24, 2.45) is 0 Å². The normalized spacial score (nSPS) is 19.6. The number of carbonyl (C=O) groups excluding carboxylic acids is 1. The summed E-state index contributed by atoms with van der Waals surface area (Å²) in [5.41, 5.74) is 0.552. The fourth-order valence-corrected chi connectivity index (χ4v) is 1.73. The van der Waals surface area contributed by atoms with Crippen LogP contribution >= 0.6 is 0 Å². The number of ether oxygens (including phenoxy) is 1. The van der Waals surface area contributed by atoms with Crippen LogP contribution in [-0.4, -0.2) is 30.3 Å². The summed E-state index contributed by atoms with van der Waals surface area (Å²) in [5, 5.41) is 11.9. The summed E-state index contributed by atoms with van der Waals surface area (Å²) < 4.78 is 5.40. The zero-order valence-electron chi connectivity index (χ0n) is 8.98. The molecule has 1 fully saturated rings. The molecule has 2 N–H and O–H groups in total. The molecule has 0 spiro atoms. The molecule has 2 rings (SSSR count). The molecule has 1 aromatic carbocycles. The number of benzene rings is 1.